The Labute approximate surface area is 107 Å². The van der Waals surface area contributed by atoms with Crippen LogP contribution in [0.2, 0.25) is 0 Å². The van der Waals surface area contributed by atoms with Crippen LogP contribution < -0.4 is 15.2 Å². The van der Waals surface area contributed by atoms with E-state index in [0.717, 1.165) is 29.2 Å². The Morgan fingerprint density at radius 2 is 1.89 bits per heavy atom. The van der Waals surface area contributed by atoms with E-state index in [4.69, 9.17) is 15.2 Å². The van der Waals surface area contributed by atoms with Crippen molar-refractivity contribution in [3.63, 3.8) is 0 Å². The van der Waals surface area contributed by atoms with Crippen LogP contribution in [0.1, 0.15) is 30.1 Å². The predicted octanol–water partition coefficient (Wildman–Crippen LogP) is 1.54. The van der Waals surface area contributed by atoms with Gasteiger partial charge in [0.15, 0.2) is 11.5 Å². The lowest BCUT2D eigenvalue weighted by atomic mass is 10.0. The quantitative estimate of drug-likeness (QED) is 0.834. The summed E-state index contributed by atoms with van der Waals surface area (Å²) in [6, 6.07) is 3.80. The fourth-order valence-electron chi connectivity index (χ4n) is 2.36. The molecule has 4 heteroatoms. The van der Waals surface area contributed by atoms with Crippen LogP contribution in [0.15, 0.2) is 12.1 Å². The van der Waals surface area contributed by atoms with E-state index in [9.17, 15) is 5.11 Å². The zero-order valence-electron chi connectivity index (χ0n) is 10.6. The lowest BCUT2D eigenvalue weighted by molar-refractivity contribution is 0.184. The summed E-state index contributed by atoms with van der Waals surface area (Å²) in [5.74, 6) is 1.51. The second-order valence-electron chi connectivity index (χ2n) is 5.48. The molecular formula is C14H19NO3. The van der Waals surface area contributed by atoms with E-state index in [-0.39, 0.29) is 12.0 Å². The number of fused-ring (bicyclic) bond motifs is 1. The van der Waals surface area contributed by atoms with Gasteiger partial charge in [-0.1, -0.05) is 0 Å². The Morgan fingerprint density at radius 3 is 2.44 bits per heavy atom. The smallest absolute Gasteiger partial charge is 0.161 e. The maximum absolute atomic E-state index is 9.88. The maximum Gasteiger partial charge on any atom is 0.161 e. The minimum atomic E-state index is -0.642. The van der Waals surface area contributed by atoms with Crippen LogP contribution in [0.5, 0.6) is 11.5 Å². The lowest BCUT2D eigenvalue weighted by Crippen LogP contribution is -2.17. The normalized spacial score (nSPS) is 21.5. The maximum atomic E-state index is 9.88. The molecule has 3 rings (SSSR count). The molecule has 98 valence electrons. The highest BCUT2D eigenvalue weighted by Gasteiger charge is 2.46. The average molecular weight is 249 g/mol. The Bertz CT molecular complexity index is 468. The van der Waals surface area contributed by atoms with Gasteiger partial charge >= 0.3 is 0 Å². The number of rotatable bonds is 2. The van der Waals surface area contributed by atoms with Crippen LogP contribution in [0.3, 0.4) is 0 Å². The van der Waals surface area contributed by atoms with Crippen LogP contribution in [0.25, 0.3) is 0 Å². The van der Waals surface area contributed by atoms with E-state index in [0.29, 0.717) is 6.61 Å². The highest BCUT2D eigenvalue weighted by molar-refractivity contribution is 5.48. The predicted molar refractivity (Wildman–Crippen MR) is 67.9 cm³/mol. The molecule has 1 spiro atoms. The number of nitrogens with two attached hydrogens (primary N) is 1. The van der Waals surface area contributed by atoms with Crippen molar-refractivity contribution >= 4 is 0 Å². The van der Waals surface area contributed by atoms with E-state index in [1.807, 2.05) is 19.1 Å². The number of hydrogen-bond acceptors (Lipinski definition) is 4. The monoisotopic (exact) mass is 249 g/mol. The van der Waals surface area contributed by atoms with E-state index in [1.54, 1.807) is 0 Å². The fourth-order valence-corrected chi connectivity index (χ4v) is 2.36. The van der Waals surface area contributed by atoms with Crippen molar-refractivity contribution in [2.75, 3.05) is 19.8 Å². The summed E-state index contributed by atoms with van der Waals surface area (Å²) in [6.07, 6.45) is 1.72. The van der Waals surface area contributed by atoms with Crippen molar-refractivity contribution < 1.29 is 14.6 Å². The first kappa shape index (κ1) is 11.8. The van der Waals surface area contributed by atoms with Crippen LogP contribution in [-0.2, 0) is 0 Å². The van der Waals surface area contributed by atoms with Gasteiger partial charge in [0, 0.05) is 12.0 Å². The Morgan fingerprint density at radius 1 is 1.28 bits per heavy atom. The first-order valence-electron chi connectivity index (χ1n) is 6.42. The molecule has 1 aromatic rings. The molecular weight excluding hydrogens is 230 g/mol. The van der Waals surface area contributed by atoms with E-state index in [1.165, 1.54) is 12.8 Å². The minimum absolute atomic E-state index is 0.213. The van der Waals surface area contributed by atoms with Crippen molar-refractivity contribution in [2.45, 2.75) is 25.9 Å². The van der Waals surface area contributed by atoms with E-state index >= 15 is 0 Å². The van der Waals surface area contributed by atoms with Gasteiger partial charge in [0.25, 0.3) is 0 Å². The zero-order chi connectivity index (χ0) is 12.8. The van der Waals surface area contributed by atoms with Crippen molar-refractivity contribution in [2.24, 2.45) is 11.1 Å². The van der Waals surface area contributed by atoms with Gasteiger partial charge in [-0.25, -0.2) is 0 Å². The third-order valence-electron chi connectivity index (χ3n) is 3.94. The van der Waals surface area contributed by atoms with E-state index in [2.05, 4.69) is 0 Å². The number of benzene rings is 1. The SMILES string of the molecule is Cc1cc2c(cc1C(O)CN)OCC1(CC1)CO2. The van der Waals surface area contributed by atoms with Gasteiger partial charge in [-0.3, -0.25) is 0 Å². The Hall–Kier alpha value is -1.26. The molecule has 0 bridgehead atoms. The molecule has 1 fully saturated rings. The third-order valence-corrected chi connectivity index (χ3v) is 3.94. The molecule has 1 aliphatic heterocycles. The van der Waals surface area contributed by atoms with Gasteiger partial charge in [0.2, 0.25) is 0 Å². The van der Waals surface area contributed by atoms with Gasteiger partial charge in [-0.15, -0.1) is 0 Å². The van der Waals surface area contributed by atoms with E-state index < -0.39 is 6.10 Å². The molecule has 0 amide bonds. The molecule has 1 atom stereocenters. The first-order chi connectivity index (χ1) is 8.63. The fraction of sp³-hybridized carbons (Fsp3) is 0.571. The number of aryl methyl sites for hydroxylation is 1. The highest BCUT2D eigenvalue weighted by atomic mass is 16.5. The summed E-state index contributed by atoms with van der Waals surface area (Å²) >= 11 is 0. The summed E-state index contributed by atoms with van der Waals surface area (Å²) < 4.78 is 11.7. The summed E-state index contributed by atoms with van der Waals surface area (Å²) in [4.78, 5) is 0. The minimum Gasteiger partial charge on any atom is -0.489 e. The van der Waals surface area contributed by atoms with Crippen molar-refractivity contribution in [1.29, 1.82) is 0 Å². The van der Waals surface area contributed by atoms with Crippen LogP contribution in [0, 0.1) is 12.3 Å². The molecule has 0 saturated heterocycles. The van der Waals surface area contributed by atoms with Crippen LogP contribution in [0.4, 0.5) is 0 Å². The second-order valence-corrected chi connectivity index (χ2v) is 5.48. The van der Waals surface area contributed by atoms with Crippen molar-refractivity contribution in [3.05, 3.63) is 23.3 Å². The van der Waals surface area contributed by atoms with Crippen molar-refractivity contribution in [3.8, 4) is 11.5 Å². The number of aliphatic hydroxyl groups excluding tert-OH is 1. The molecule has 1 unspecified atom stereocenters. The Kier molecular flexibility index (Phi) is 2.72. The molecule has 2 aliphatic rings. The largest absolute Gasteiger partial charge is 0.489 e. The van der Waals surface area contributed by atoms with Crippen LogP contribution in [-0.4, -0.2) is 24.9 Å². The first-order valence-corrected chi connectivity index (χ1v) is 6.42. The molecule has 1 saturated carbocycles. The lowest BCUT2D eigenvalue weighted by Gasteiger charge is -2.15. The summed E-state index contributed by atoms with van der Waals surface area (Å²) in [6.45, 7) is 3.61. The molecule has 3 N–H and O–H groups in total. The zero-order valence-corrected chi connectivity index (χ0v) is 10.6. The standard InChI is InChI=1S/C14H19NO3/c1-9-4-12-13(5-10(9)11(16)6-15)18-8-14(2-3-14)7-17-12/h4-5,11,16H,2-3,6-8,15H2,1H3. The Balaban J connectivity index is 1.93. The van der Waals surface area contributed by atoms with Gasteiger partial charge in [-0.05, 0) is 43.0 Å². The average Bonchev–Trinajstić information content (AvgIpc) is 3.16. The highest BCUT2D eigenvalue weighted by Crippen LogP contribution is 2.49. The molecule has 18 heavy (non-hydrogen) atoms. The van der Waals surface area contributed by atoms with Gasteiger partial charge < -0.3 is 20.3 Å². The number of ether oxygens (including phenoxy) is 2. The second kappa shape index (κ2) is 4.14. The summed E-state index contributed by atoms with van der Waals surface area (Å²) in [5.41, 5.74) is 7.56. The van der Waals surface area contributed by atoms with Gasteiger partial charge in [-0.2, -0.15) is 0 Å². The molecule has 1 heterocycles. The summed E-state index contributed by atoms with van der Waals surface area (Å²) in [7, 11) is 0. The molecule has 0 aromatic heterocycles. The number of aliphatic hydroxyl groups is 1. The molecule has 4 nitrogen and oxygen atoms in total. The summed E-state index contributed by atoms with van der Waals surface area (Å²) in [5, 5.41) is 9.88. The van der Waals surface area contributed by atoms with Crippen molar-refractivity contribution in [1.82, 2.24) is 0 Å². The number of hydrogen-bond donors (Lipinski definition) is 2. The van der Waals surface area contributed by atoms with Crippen LogP contribution >= 0.6 is 0 Å². The third kappa shape index (κ3) is 1.95. The topological polar surface area (TPSA) is 64.7 Å². The van der Waals surface area contributed by atoms with Gasteiger partial charge in [0.1, 0.15) is 0 Å². The van der Waals surface area contributed by atoms with Gasteiger partial charge in [0.05, 0.1) is 19.3 Å². The molecule has 0 radical (unpaired) electrons. The molecule has 1 aromatic carbocycles. The molecule has 1 aliphatic carbocycles.